The number of halogens is 1. The highest BCUT2D eigenvalue weighted by molar-refractivity contribution is 6.30. The Kier molecular flexibility index (Phi) is 4.59. The van der Waals surface area contributed by atoms with E-state index < -0.39 is 0 Å². The van der Waals surface area contributed by atoms with Crippen LogP contribution >= 0.6 is 11.6 Å². The Morgan fingerprint density at radius 2 is 1.55 bits per heavy atom. The Bertz CT molecular complexity index is 615. The largest absolute Gasteiger partial charge is 0.377 e. The van der Waals surface area contributed by atoms with Gasteiger partial charge >= 0.3 is 0 Å². The number of nitrogens with zero attached hydrogens (tertiary/aromatic N) is 1. The van der Waals surface area contributed by atoms with Crippen LogP contribution in [0.2, 0.25) is 5.02 Å². The highest BCUT2D eigenvalue weighted by Gasteiger charge is 2.08. The van der Waals surface area contributed by atoms with Gasteiger partial charge in [-0.25, -0.2) is 0 Å². The monoisotopic (exact) mass is 285 g/mol. The molecule has 102 valence electrons. The maximum absolute atomic E-state index is 12.3. The predicted octanol–water partition coefficient (Wildman–Crippen LogP) is 4.13. The Hall–Kier alpha value is -2.06. The van der Waals surface area contributed by atoms with Gasteiger partial charge in [-0.2, -0.15) is 0 Å². The van der Waals surface area contributed by atoms with Gasteiger partial charge in [-0.3, -0.25) is 4.79 Å². The summed E-state index contributed by atoms with van der Waals surface area (Å²) in [6, 6.07) is 16.8. The molecule has 0 unspecified atom stereocenters. The number of benzene rings is 2. The highest BCUT2D eigenvalue weighted by atomic mass is 35.5. The molecule has 2 rings (SSSR count). The molecule has 0 heterocycles. The van der Waals surface area contributed by atoms with Gasteiger partial charge < -0.3 is 4.90 Å². The van der Waals surface area contributed by atoms with Crippen molar-refractivity contribution in [1.29, 1.82) is 0 Å². The zero-order valence-electron chi connectivity index (χ0n) is 11.5. The van der Waals surface area contributed by atoms with Crippen LogP contribution < -0.4 is 0 Å². The number of carbonyl (C=O) groups is 1. The van der Waals surface area contributed by atoms with Crippen LogP contribution in [-0.4, -0.2) is 24.8 Å². The minimum atomic E-state index is -0.0331. The first-order valence-corrected chi connectivity index (χ1v) is 6.70. The van der Waals surface area contributed by atoms with E-state index in [4.69, 9.17) is 11.6 Å². The number of rotatable bonds is 4. The van der Waals surface area contributed by atoms with E-state index >= 15 is 0 Å². The van der Waals surface area contributed by atoms with Crippen molar-refractivity contribution >= 4 is 23.1 Å². The summed E-state index contributed by atoms with van der Waals surface area (Å²) in [6.45, 7) is 0. The first-order chi connectivity index (χ1) is 9.58. The Morgan fingerprint density at radius 1 is 0.950 bits per heavy atom. The molecular weight excluding hydrogens is 270 g/mol. The number of allylic oxidation sites excluding steroid dienone is 1. The van der Waals surface area contributed by atoms with Gasteiger partial charge in [-0.15, -0.1) is 0 Å². The van der Waals surface area contributed by atoms with Crippen LogP contribution in [0.25, 0.3) is 5.70 Å². The lowest BCUT2D eigenvalue weighted by Crippen LogP contribution is -2.12. The van der Waals surface area contributed by atoms with E-state index in [-0.39, 0.29) is 5.78 Å². The zero-order chi connectivity index (χ0) is 14.5. The number of hydrogen-bond acceptors (Lipinski definition) is 2. The molecule has 0 aliphatic heterocycles. The fourth-order valence-corrected chi connectivity index (χ4v) is 2.03. The molecule has 0 amide bonds. The summed E-state index contributed by atoms with van der Waals surface area (Å²) in [5.74, 6) is -0.0331. The lowest BCUT2D eigenvalue weighted by molar-refractivity contribution is 0.104. The van der Waals surface area contributed by atoms with Crippen molar-refractivity contribution in [2.75, 3.05) is 14.1 Å². The number of carbonyl (C=O) groups excluding carboxylic acids is 1. The SMILES string of the molecule is CN(C)/C(=C/C(=O)c1ccc(Cl)cc1)c1ccccc1. The van der Waals surface area contributed by atoms with E-state index in [2.05, 4.69) is 0 Å². The number of ketones is 1. The minimum Gasteiger partial charge on any atom is -0.377 e. The van der Waals surface area contributed by atoms with Crippen molar-refractivity contribution in [2.24, 2.45) is 0 Å². The van der Waals surface area contributed by atoms with Crippen molar-refractivity contribution in [1.82, 2.24) is 4.90 Å². The molecule has 0 fully saturated rings. The Balaban J connectivity index is 2.34. The van der Waals surface area contributed by atoms with Gasteiger partial charge in [0.25, 0.3) is 0 Å². The maximum Gasteiger partial charge on any atom is 0.187 e. The van der Waals surface area contributed by atoms with Crippen molar-refractivity contribution in [3.8, 4) is 0 Å². The Labute approximate surface area is 124 Å². The fourth-order valence-electron chi connectivity index (χ4n) is 1.90. The maximum atomic E-state index is 12.3. The standard InChI is InChI=1S/C17H16ClNO/c1-19(2)16(13-6-4-3-5-7-13)12-17(20)14-8-10-15(18)11-9-14/h3-12H,1-2H3/b16-12+. The van der Waals surface area contributed by atoms with Crippen LogP contribution in [-0.2, 0) is 0 Å². The van der Waals surface area contributed by atoms with Gasteiger partial charge in [0.1, 0.15) is 0 Å². The van der Waals surface area contributed by atoms with E-state index in [0.717, 1.165) is 11.3 Å². The van der Waals surface area contributed by atoms with Crippen LogP contribution in [0.3, 0.4) is 0 Å². The first kappa shape index (κ1) is 14.4. The third-order valence-electron chi connectivity index (χ3n) is 2.95. The summed E-state index contributed by atoms with van der Waals surface area (Å²) < 4.78 is 0. The second kappa shape index (κ2) is 6.40. The Morgan fingerprint density at radius 3 is 2.10 bits per heavy atom. The highest BCUT2D eigenvalue weighted by Crippen LogP contribution is 2.18. The molecule has 3 heteroatoms. The van der Waals surface area contributed by atoms with E-state index in [9.17, 15) is 4.79 Å². The topological polar surface area (TPSA) is 20.3 Å². The van der Waals surface area contributed by atoms with Gasteiger partial charge in [-0.1, -0.05) is 41.9 Å². The molecule has 2 aromatic rings. The minimum absolute atomic E-state index is 0.0331. The lowest BCUT2D eigenvalue weighted by atomic mass is 10.1. The second-order valence-electron chi connectivity index (χ2n) is 4.66. The van der Waals surface area contributed by atoms with E-state index in [1.165, 1.54) is 0 Å². The molecule has 0 saturated heterocycles. The normalized spacial score (nSPS) is 11.2. The van der Waals surface area contributed by atoms with Crippen LogP contribution in [0, 0.1) is 0 Å². The quantitative estimate of drug-likeness (QED) is 0.622. The lowest BCUT2D eigenvalue weighted by Gasteiger charge is -2.17. The molecule has 0 spiro atoms. The van der Waals surface area contributed by atoms with Crippen LogP contribution in [0.1, 0.15) is 15.9 Å². The van der Waals surface area contributed by atoms with E-state index in [1.807, 2.05) is 49.3 Å². The van der Waals surface area contributed by atoms with E-state index in [1.54, 1.807) is 30.3 Å². The molecule has 0 bridgehead atoms. The van der Waals surface area contributed by atoms with Crippen LogP contribution in [0.4, 0.5) is 0 Å². The number of hydrogen-bond donors (Lipinski definition) is 0. The van der Waals surface area contributed by atoms with Crippen molar-refractivity contribution in [3.05, 3.63) is 76.8 Å². The van der Waals surface area contributed by atoms with Crippen molar-refractivity contribution in [2.45, 2.75) is 0 Å². The molecule has 2 aromatic carbocycles. The molecule has 20 heavy (non-hydrogen) atoms. The summed E-state index contributed by atoms with van der Waals surface area (Å²) in [7, 11) is 3.85. The summed E-state index contributed by atoms with van der Waals surface area (Å²) in [5, 5.41) is 0.626. The van der Waals surface area contributed by atoms with Gasteiger partial charge in [0.05, 0.1) is 0 Å². The summed E-state index contributed by atoms with van der Waals surface area (Å²) in [6.07, 6.45) is 1.65. The van der Waals surface area contributed by atoms with Gasteiger partial charge in [0.15, 0.2) is 5.78 Å². The second-order valence-corrected chi connectivity index (χ2v) is 5.10. The average Bonchev–Trinajstić information content (AvgIpc) is 2.46. The molecule has 0 saturated carbocycles. The molecular formula is C17H16ClNO. The average molecular weight is 286 g/mol. The summed E-state index contributed by atoms with van der Waals surface area (Å²) in [4.78, 5) is 14.2. The summed E-state index contributed by atoms with van der Waals surface area (Å²) in [5.41, 5.74) is 2.52. The van der Waals surface area contributed by atoms with Crippen LogP contribution in [0.5, 0.6) is 0 Å². The zero-order valence-corrected chi connectivity index (χ0v) is 12.3. The smallest absolute Gasteiger partial charge is 0.187 e. The van der Waals surface area contributed by atoms with Gasteiger partial charge in [0, 0.05) is 36.5 Å². The van der Waals surface area contributed by atoms with Crippen LogP contribution in [0.15, 0.2) is 60.7 Å². The molecule has 0 atom stereocenters. The van der Waals surface area contributed by atoms with Gasteiger partial charge in [0.2, 0.25) is 0 Å². The third-order valence-corrected chi connectivity index (χ3v) is 3.20. The van der Waals surface area contributed by atoms with E-state index in [0.29, 0.717) is 10.6 Å². The first-order valence-electron chi connectivity index (χ1n) is 6.32. The fraction of sp³-hybridized carbons (Fsp3) is 0.118. The molecule has 0 radical (unpaired) electrons. The molecule has 2 nitrogen and oxygen atoms in total. The molecule has 0 aliphatic rings. The molecule has 0 N–H and O–H groups in total. The summed E-state index contributed by atoms with van der Waals surface area (Å²) >= 11 is 5.83. The molecule has 0 aliphatic carbocycles. The van der Waals surface area contributed by atoms with Crippen molar-refractivity contribution < 1.29 is 4.79 Å². The predicted molar refractivity (Wildman–Crippen MR) is 83.9 cm³/mol. The third kappa shape index (κ3) is 3.49. The van der Waals surface area contributed by atoms with Gasteiger partial charge in [-0.05, 0) is 29.8 Å². The molecule has 0 aromatic heterocycles. The van der Waals surface area contributed by atoms with Crippen molar-refractivity contribution in [3.63, 3.8) is 0 Å².